The van der Waals surface area contributed by atoms with E-state index in [1.165, 1.54) is 19.3 Å². The smallest absolute Gasteiger partial charge is 0.00357 e. The fourth-order valence-electron chi connectivity index (χ4n) is 0.655. The van der Waals surface area contributed by atoms with Crippen molar-refractivity contribution in [1.82, 2.24) is 5.32 Å². The molecule has 0 aromatic carbocycles. The highest BCUT2D eigenvalue weighted by atomic mass is 14.8. The molecule has 1 heteroatoms. The van der Waals surface area contributed by atoms with Crippen molar-refractivity contribution in [3.05, 3.63) is 0 Å². The number of hydrogen-bond acceptors (Lipinski definition) is 1. The second kappa shape index (κ2) is 22.4. The Bertz CT molecular complexity index is 49.4. The lowest BCUT2D eigenvalue weighted by Gasteiger charge is -2.06. The van der Waals surface area contributed by atoms with E-state index in [9.17, 15) is 0 Å². The Hall–Kier alpha value is -0.0400. The van der Waals surface area contributed by atoms with Crippen LogP contribution in [0.15, 0.2) is 0 Å². The predicted octanol–water partition coefficient (Wildman–Crippen LogP) is 4.08. The largest absolute Gasteiger partial charge is 0.317 e. The average Bonchev–Trinajstić information content (AvgIpc) is 2.20. The van der Waals surface area contributed by atoms with Crippen LogP contribution in [0.3, 0.4) is 0 Å². The third-order valence-electron chi connectivity index (χ3n) is 1.48. The Kier molecular flexibility index (Phi) is 33.5. The van der Waals surface area contributed by atoms with Crippen LogP contribution < -0.4 is 5.32 Å². The van der Waals surface area contributed by atoms with Gasteiger partial charge in [0.15, 0.2) is 0 Å². The minimum atomic E-state index is 0. The lowest BCUT2D eigenvalue weighted by atomic mass is 10.1. The van der Waals surface area contributed by atoms with Crippen molar-refractivity contribution in [2.75, 3.05) is 7.05 Å². The van der Waals surface area contributed by atoms with Crippen LogP contribution in [0.2, 0.25) is 0 Å². The van der Waals surface area contributed by atoms with Gasteiger partial charge in [0.1, 0.15) is 0 Å². The topological polar surface area (TPSA) is 12.0 Å². The molecule has 0 radical (unpaired) electrons. The summed E-state index contributed by atoms with van der Waals surface area (Å²) in [4.78, 5) is 0. The number of rotatable bonds is 4. The van der Waals surface area contributed by atoms with Crippen LogP contribution >= 0.6 is 0 Å². The highest BCUT2D eigenvalue weighted by molar-refractivity contribution is 4.54. The summed E-state index contributed by atoms with van der Waals surface area (Å²) in [5, 5.41) is 3.20. The molecule has 0 aromatic heterocycles. The molecule has 0 bridgehead atoms. The Labute approximate surface area is 81.4 Å². The molecule has 0 amide bonds. The molecular formula is C11H31N. The Morgan fingerprint density at radius 3 is 1.83 bits per heavy atom. The predicted molar refractivity (Wildman–Crippen MR) is 62.9 cm³/mol. The molecule has 1 N–H and O–H groups in total. The highest BCUT2D eigenvalue weighted by Gasteiger charge is 1.93. The summed E-state index contributed by atoms with van der Waals surface area (Å²) >= 11 is 0. The maximum absolute atomic E-state index is 3.20. The van der Waals surface area contributed by atoms with Gasteiger partial charge in [0, 0.05) is 7.47 Å². The van der Waals surface area contributed by atoms with Gasteiger partial charge in [-0.2, -0.15) is 0 Å². The van der Waals surface area contributed by atoms with Crippen LogP contribution in [-0.4, -0.2) is 13.1 Å². The Morgan fingerprint density at radius 1 is 1.17 bits per heavy atom. The molecule has 1 nitrogen and oxygen atoms in total. The summed E-state index contributed by atoms with van der Waals surface area (Å²) in [6, 6.07) is 0.704. The quantitative estimate of drug-likeness (QED) is 0.682. The van der Waals surface area contributed by atoms with Gasteiger partial charge in [-0.3, -0.25) is 0 Å². The van der Waals surface area contributed by atoms with E-state index in [1.807, 2.05) is 34.7 Å². The first-order valence-electron chi connectivity index (χ1n) is 5.48. The van der Waals surface area contributed by atoms with Crippen molar-refractivity contribution in [1.29, 1.82) is 0 Å². The monoisotopic (exact) mass is 177 g/mol. The zero-order chi connectivity index (χ0) is 10.4. The van der Waals surface area contributed by atoms with Crippen LogP contribution in [-0.2, 0) is 0 Å². The van der Waals surface area contributed by atoms with Crippen LogP contribution in [0.5, 0.6) is 0 Å². The van der Waals surface area contributed by atoms with Crippen molar-refractivity contribution in [3.63, 3.8) is 0 Å². The molecule has 0 saturated carbocycles. The van der Waals surface area contributed by atoms with Crippen LogP contribution in [0.25, 0.3) is 0 Å². The van der Waals surface area contributed by atoms with E-state index in [1.54, 1.807) is 0 Å². The second-order valence-electron chi connectivity index (χ2n) is 2.33. The molecule has 12 heavy (non-hydrogen) atoms. The molecule has 0 saturated heterocycles. The van der Waals surface area contributed by atoms with Gasteiger partial charge in [-0.15, -0.1) is 0 Å². The van der Waals surface area contributed by atoms with Gasteiger partial charge >= 0.3 is 0 Å². The molecule has 80 valence electrons. The summed E-state index contributed by atoms with van der Waals surface area (Å²) in [6.07, 6.45) is 3.97. The lowest BCUT2D eigenvalue weighted by molar-refractivity contribution is 0.537. The Balaban J connectivity index is -0.0000000712. The van der Waals surface area contributed by atoms with E-state index in [4.69, 9.17) is 0 Å². The van der Waals surface area contributed by atoms with Crippen LogP contribution in [0.4, 0.5) is 0 Å². The van der Waals surface area contributed by atoms with E-state index >= 15 is 0 Å². The summed E-state index contributed by atoms with van der Waals surface area (Å²) < 4.78 is 0. The molecule has 1 unspecified atom stereocenters. The zero-order valence-electron chi connectivity index (χ0n) is 10.2. The van der Waals surface area contributed by atoms with Crippen molar-refractivity contribution in [3.8, 4) is 0 Å². The summed E-state index contributed by atoms with van der Waals surface area (Å²) in [5.41, 5.74) is 0. The van der Waals surface area contributed by atoms with Crippen molar-refractivity contribution in [2.45, 2.75) is 66.8 Å². The minimum absolute atomic E-state index is 0. The van der Waals surface area contributed by atoms with E-state index in [-0.39, 0.29) is 1.43 Å². The number of unbranched alkanes of at least 4 members (excludes halogenated alkanes) is 1. The maximum Gasteiger partial charge on any atom is 0.00357 e. The minimum Gasteiger partial charge on any atom is -0.317 e. The zero-order valence-corrected chi connectivity index (χ0v) is 10.2. The molecular weight excluding hydrogens is 146 g/mol. The first-order valence-corrected chi connectivity index (χ1v) is 5.48. The van der Waals surface area contributed by atoms with E-state index in [2.05, 4.69) is 19.2 Å². The maximum atomic E-state index is 3.20. The average molecular weight is 177 g/mol. The van der Waals surface area contributed by atoms with Gasteiger partial charge in [0.25, 0.3) is 0 Å². The molecule has 0 rings (SSSR count). The van der Waals surface area contributed by atoms with E-state index in [0.29, 0.717) is 6.04 Å². The van der Waals surface area contributed by atoms with Gasteiger partial charge in [0.2, 0.25) is 0 Å². The highest BCUT2D eigenvalue weighted by Crippen LogP contribution is 1.97. The fraction of sp³-hybridized carbons (Fsp3) is 1.00. The molecule has 1 atom stereocenters. The normalized spacial score (nSPS) is 10.2. The lowest BCUT2D eigenvalue weighted by Crippen LogP contribution is -2.20. The standard InChI is InChI=1S/C7H17N.2C2H6.H2/c1-4-5-6-7(2)8-3;2*1-2;/h7-8H,4-6H2,1-3H3;2*1-2H3;1H. The molecule has 0 fully saturated rings. The van der Waals surface area contributed by atoms with Crippen LogP contribution in [0, 0.1) is 0 Å². The molecule has 0 heterocycles. The van der Waals surface area contributed by atoms with E-state index < -0.39 is 0 Å². The fourth-order valence-corrected chi connectivity index (χ4v) is 0.655. The van der Waals surface area contributed by atoms with Gasteiger partial charge in [-0.25, -0.2) is 0 Å². The third-order valence-corrected chi connectivity index (χ3v) is 1.48. The van der Waals surface area contributed by atoms with Gasteiger partial charge < -0.3 is 5.32 Å². The van der Waals surface area contributed by atoms with Crippen molar-refractivity contribution >= 4 is 0 Å². The molecule has 0 spiro atoms. The summed E-state index contributed by atoms with van der Waals surface area (Å²) in [7, 11) is 2.01. The molecule has 0 aliphatic heterocycles. The van der Waals surface area contributed by atoms with Crippen molar-refractivity contribution < 1.29 is 1.43 Å². The van der Waals surface area contributed by atoms with Gasteiger partial charge in [-0.1, -0.05) is 47.5 Å². The number of hydrogen-bond donors (Lipinski definition) is 1. The third kappa shape index (κ3) is 22.5. The first kappa shape index (κ1) is 17.9. The second-order valence-corrected chi connectivity index (χ2v) is 2.33. The Morgan fingerprint density at radius 2 is 1.58 bits per heavy atom. The van der Waals surface area contributed by atoms with Crippen molar-refractivity contribution in [2.24, 2.45) is 0 Å². The van der Waals surface area contributed by atoms with Gasteiger partial charge in [0.05, 0.1) is 0 Å². The molecule has 0 aliphatic rings. The summed E-state index contributed by atoms with van der Waals surface area (Å²) in [5.74, 6) is 0. The van der Waals surface area contributed by atoms with E-state index in [0.717, 1.165) is 0 Å². The molecule has 0 aliphatic carbocycles. The first-order chi connectivity index (χ1) is 5.81. The van der Waals surface area contributed by atoms with Gasteiger partial charge in [-0.05, 0) is 20.4 Å². The number of nitrogens with one attached hydrogen (secondary N) is 1. The van der Waals surface area contributed by atoms with Crippen LogP contribution in [0.1, 0.15) is 62.2 Å². The molecule has 0 aromatic rings. The summed E-state index contributed by atoms with van der Waals surface area (Å²) in [6.45, 7) is 12.4. The SMILES string of the molecule is CC.CC.CCCCC(C)NC.[HH].